The van der Waals surface area contributed by atoms with Crippen molar-refractivity contribution in [3.63, 3.8) is 0 Å². The first kappa shape index (κ1) is 15.6. The van der Waals surface area contributed by atoms with Gasteiger partial charge in [0.05, 0.1) is 6.20 Å². The van der Waals surface area contributed by atoms with E-state index in [1.807, 2.05) is 41.2 Å². The first-order valence-electron chi connectivity index (χ1n) is 7.64. The number of nitrogens with zero attached hydrogens (tertiary/aromatic N) is 2. The molecule has 0 radical (unpaired) electrons. The third-order valence-electron chi connectivity index (χ3n) is 3.79. The number of hydrogen-bond donors (Lipinski definition) is 1. The van der Waals surface area contributed by atoms with Crippen LogP contribution in [0.25, 0.3) is 5.69 Å². The summed E-state index contributed by atoms with van der Waals surface area (Å²) in [6.45, 7) is 0.199. The molecule has 0 aliphatic carbocycles. The SMILES string of the molecule is CSc1ncc(C(=O)Nc2ccc3c(c2)OCO3)n1-c1ccccc1. The molecule has 0 saturated carbocycles. The van der Waals surface area contributed by atoms with Gasteiger partial charge >= 0.3 is 0 Å². The summed E-state index contributed by atoms with van der Waals surface area (Å²) in [4.78, 5) is 17.1. The number of imidazole rings is 1. The predicted octanol–water partition coefficient (Wildman–Crippen LogP) is 3.58. The molecule has 2 heterocycles. The number of benzene rings is 2. The quantitative estimate of drug-likeness (QED) is 0.727. The maximum Gasteiger partial charge on any atom is 0.274 e. The molecule has 4 rings (SSSR count). The van der Waals surface area contributed by atoms with Crippen molar-refractivity contribution in [2.24, 2.45) is 0 Å². The number of para-hydroxylation sites is 1. The molecule has 0 atom stereocenters. The molecule has 0 spiro atoms. The zero-order valence-corrected chi connectivity index (χ0v) is 14.2. The Balaban J connectivity index is 1.66. The largest absolute Gasteiger partial charge is 0.454 e. The lowest BCUT2D eigenvalue weighted by atomic mass is 10.2. The predicted molar refractivity (Wildman–Crippen MR) is 95.9 cm³/mol. The van der Waals surface area contributed by atoms with E-state index >= 15 is 0 Å². The minimum Gasteiger partial charge on any atom is -0.454 e. The topological polar surface area (TPSA) is 65.4 Å². The number of rotatable bonds is 4. The normalized spacial score (nSPS) is 12.2. The van der Waals surface area contributed by atoms with Crippen molar-refractivity contribution >= 4 is 23.4 Å². The average molecular weight is 353 g/mol. The van der Waals surface area contributed by atoms with Gasteiger partial charge < -0.3 is 14.8 Å². The van der Waals surface area contributed by atoms with Crippen molar-refractivity contribution in [1.82, 2.24) is 9.55 Å². The van der Waals surface area contributed by atoms with Gasteiger partial charge in [0.15, 0.2) is 16.7 Å². The minimum atomic E-state index is -0.240. The molecule has 1 N–H and O–H groups in total. The van der Waals surface area contributed by atoms with Gasteiger partial charge in [-0.05, 0) is 30.5 Å². The standard InChI is InChI=1S/C18H15N3O3S/c1-25-18-19-10-14(21(18)13-5-3-2-4-6-13)17(22)20-12-7-8-15-16(9-12)24-11-23-15/h2-10H,11H2,1H3,(H,20,22). The first-order valence-corrected chi connectivity index (χ1v) is 8.87. The van der Waals surface area contributed by atoms with Crippen LogP contribution in [0.15, 0.2) is 59.9 Å². The molecule has 7 heteroatoms. The van der Waals surface area contributed by atoms with E-state index in [1.165, 1.54) is 11.8 Å². The summed E-state index contributed by atoms with van der Waals surface area (Å²) in [5, 5.41) is 3.64. The Labute approximate surface area is 148 Å². The lowest BCUT2D eigenvalue weighted by molar-refractivity contribution is 0.102. The lowest BCUT2D eigenvalue weighted by Gasteiger charge is -2.11. The van der Waals surface area contributed by atoms with Crippen LogP contribution < -0.4 is 14.8 Å². The molecule has 0 unspecified atom stereocenters. The summed E-state index contributed by atoms with van der Waals surface area (Å²) in [5.74, 6) is 1.06. The Hall–Kier alpha value is -2.93. The van der Waals surface area contributed by atoms with Crippen LogP contribution in [0.1, 0.15) is 10.5 Å². The van der Waals surface area contributed by atoms with Gasteiger partial charge in [-0.15, -0.1) is 0 Å². The Kier molecular flexibility index (Phi) is 4.07. The molecule has 0 bridgehead atoms. The van der Waals surface area contributed by atoms with Crippen LogP contribution in [0.3, 0.4) is 0 Å². The highest BCUT2D eigenvalue weighted by atomic mass is 32.2. The van der Waals surface area contributed by atoms with Gasteiger partial charge in [0.2, 0.25) is 6.79 Å². The fraction of sp³-hybridized carbons (Fsp3) is 0.111. The fourth-order valence-corrected chi connectivity index (χ4v) is 3.18. The molecule has 1 aliphatic rings. The molecule has 1 aliphatic heterocycles. The van der Waals surface area contributed by atoms with E-state index in [1.54, 1.807) is 24.4 Å². The molecule has 0 fully saturated rings. The maximum absolute atomic E-state index is 12.8. The molecule has 6 nitrogen and oxygen atoms in total. The monoisotopic (exact) mass is 353 g/mol. The van der Waals surface area contributed by atoms with Gasteiger partial charge in [-0.3, -0.25) is 9.36 Å². The summed E-state index contributed by atoms with van der Waals surface area (Å²) in [6, 6.07) is 15.0. The molecule has 2 aromatic carbocycles. The number of anilines is 1. The number of fused-ring (bicyclic) bond motifs is 1. The van der Waals surface area contributed by atoms with Crippen molar-refractivity contribution in [2.75, 3.05) is 18.4 Å². The molecule has 25 heavy (non-hydrogen) atoms. The van der Waals surface area contributed by atoms with Crippen LogP contribution in [0.2, 0.25) is 0 Å². The van der Waals surface area contributed by atoms with Gasteiger partial charge in [-0.25, -0.2) is 4.98 Å². The van der Waals surface area contributed by atoms with Gasteiger partial charge in [-0.1, -0.05) is 30.0 Å². The third-order valence-corrected chi connectivity index (χ3v) is 4.44. The van der Waals surface area contributed by atoms with E-state index in [2.05, 4.69) is 10.3 Å². The molecular formula is C18H15N3O3S. The third kappa shape index (κ3) is 2.94. The van der Waals surface area contributed by atoms with Crippen LogP contribution in [0, 0.1) is 0 Å². The van der Waals surface area contributed by atoms with Gasteiger partial charge in [0, 0.05) is 17.4 Å². The number of aromatic nitrogens is 2. The summed E-state index contributed by atoms with van der Waals surface area (Å²) >= 11 is 1.49. The highest BCUT2D eigenvalue weighted by Gasteiger charge is 2.19. The molecule has 126 valence electrons. The maximum atomic E-state index is 12.8. The minimum absolute atomic E-state index is 0.199. The Morgan fingerprint density at radius 2 is 1.96 bits per heavy atom. The van der Waals surface area contributed by atoms with E-state index in [9.17, 15) is 4.79 Å². The van der Waals surface area contributed by atoms with E-state index in [0.717, 1.165) is 10.8 Å². The molecular weight excluding hydrogens is 338 g/mol. The summed E-state index contributed by atoms with van der Waals surface area (Å²) < 4.78 is 12.5. The molecule has 0 saturated heterocycles. The second-order valence-electron chi connectivity index (χ2n) is 5.32. The second-order valence-corrected chi connectivity index (χ2v) is 6.10. The van der Waals surface area contributed by atoms with Crippen molar-refractivity contribution in [3.8, 4) is 17.2 Å². The van der Waals surface area contributed by atoms with Gasteiger partial charge in [-0.2, -0.15) is 0 Å². The second kappa shape index (κ2) is 6.52. The highest BCUT2D eigenvalue weighted by Crippen LogP contribution is 2.34. The zero-order chi connectivity index (χ0) is 17.2. The molecule has 3 aromatic rings. The summed E-state index contributed by atoms with van der Waals surface area (Å²) in [7, 11) is 0. The van der Waals surface area contributed by atoms with Crippen molar-refractivity contribution in [1.29, 1.82) is 0 Å². The molecule has 1 amide bonds. The van der Waals surface area contributed by atoms with Crippen LogP contribution in [0.4, 0.5) is 5.69 Å². The van der Waals surface area contributed by atoms with E-state index in [0.29, 0.717) is 22.9 Å². The molecule has 1 aromatic heterocycles. The number of nitrogens with one attached hydrogen (secondary N) is 1. The number of amides is 1. The summed E-state index contributed by atoms with van der Waals surface area (Å²) in [6.07, 6.45) is 3.52. The Morgan fingerprint density at radius 1 is 1.16 bits per heavy atom. The Morgan fingerprint density at radius 3 is 2.76 bits per heavy atom. The summed E-state index contributed by atoms with van der Waals surface area (Å²) in [5.41, 5.74) is 1.99. The fourth-order valence-electron chi connectivity index (χ4n) is 2.64. The Bertz CT molecular complexity index is 925. The number of thioether (sulfide) groups is 1. The van der Waals surface area contributed by atoms with Crippen LogP contribution in [-0.2, 0) is 0 Å². The van der Waals surface area contributed by atoms with Crippen molar-refractivity contribution in [2.45, 2.75) is 5.16 Å². The average Bonchev–Trinajstić information content (AvgIpc) is 3.28. The number of hydrogen-bond acceptors (Lipinski definition) is 5. The van der Waals surface area contributed by atoms with Crippen LogP contribution in [-0.4, -0.2) is 28.5 Å². The number of carbonyl (C=O) groups excluding carboxylic acids is 1. The smallest absolute Gasteiger partial charge is 0.274 e. The first-order chi connectivity index (χ1) is 12.3. The van der Waals surface area contributed by atoms with Gasteiger partial charge in [0.1, 0.15) is 5.69 Å². The van der Waals surface area contributed by atoms with E-state index in [-0.39, 0.29) is 12.7 Å². The lowest BCUT2D eigenvalue weighted by Crippen LogP contribution is -2.16. The van der Waals surface area contributed by atoms with Crippen LogP contribution >= 0.6 is 11.8 Å². The van der Waals surface area contributed by atoms with Crippen LogP contribution in [0.5, 0.6) is 11.5 Å². The van der Waals surface area contributed by atoms with Crippen molar-refractivity contribution in [3.05, 3.63) is 60.4 Å². The van der Waals surface area contributed by atoms with E-state index < -0.39 is 0 Å². The van der Waals surface area contributed by atoms with Gasteiger partial charge in [0.25, 0.3) is 5.91 Å². The van der Waals surface area contributed by atoms with E-state index in [4.69, 9.17) is 9.47 Å². The highest BCUT2D eigenvalue weighted by molar-refractivity contribution is 7.98. The number of carbonyl (C=O) groups is 1. The zero-order valence-electron chi connectivity index (χ0n) is 13.4. The number of ether oxygens (including phenoxy) is 2. The van der Waals surface area contributed by atoms with Crippen molar-refractivity contribution < 1.29 is 14.3 Å².